The van der Waals surface area contributed by atoms with Crippen LogP contribution in [0.15, 0.2) is 91.6 Å². The third-order valence-corrected chi connectivity index (χ3v) is 5.08. The van der Waals surface area contributed by atoms with Crippen LogP contribution in [0.5, 0.6) is 0 Å². The number of hydrogen-bond donors (Lipinski definition) is 2. The monoisotopic (exact) mass is 387 g/mol. The van der Waals surface area contributed by atoms with Crippen molar-refractivity contribution in [2.24, 2.45) is 0 Å². The lowest BCUT2D eigenvalue weighted by Gasteiger charge is -2.14. The molecule has 5 nitrogen and oxygen atoms in total. The zero-order valence-electron chi connectivity index (χ0n) is 16.0. The Morgan fingerprint density at radius 2 is 1.70 bits per heavy atom. The Morgan fingerprint density at radius 1 is 0.833 bits per heavy atom. The smallest absolute Gasteiger partial charge is 0.103 e. The van der Waals surface area contributed by atoms with Gasteiger partial charge in [0.15, 0.2) is 0 Å². The molecule has 142 valence electrons. The standard InChI is InChI=1S/C25H17N5/c26-14-21-15-28-16-23(19-3-1-2-18(12-19)17-6-9-27-10-7-17)25(21)30-22-4-5-24-20(13-22)8-11-29-24/h1-13,15-16,29H,(H,28,30). The highest BCUT2D eigenvalue weighted by atomic mass is 14.9. The van der Waals surface area contributed by atoms with E-state index in [0.29, 0.717) is 5.56 Å². The number of pyridine rings is 2. The van der Waals surface area contributed by atoms with E-state index in [0.717, 1.165) is 44.5 Å². The van der Waals surface area contributed by atoms with E-state index in [1.54, 1.807) is 24.8 Å². The van der Waals surface area contributed by atoms with Gasteiger partial charge in [0.05, 0.1) is 11.3 Å². The summed E-state index contributed by atoms with van der Waals surface area (Å²) < 4.78 is 0. The van der Waals surface area contributed by atoms with E-state index in [1.165, 1.54) is 0 Å². The summed E-state index contributed by atoms with van der Waals surface area (Å²) in [6.45, 7) is 0. The summed E-state index contributed by atoms with van der Waals surface area (Å²) in [7, 11) is 0. The van der Waals surface area contributed by atoms with Gasteiger partial charge in [0, 0.05) is 53.1 Å². The molecule has 0 saturated heterocycles. The molecule has 0 aliphatic rings. The molecule has 2 aromatic carbocycles. The van der Waals surface area contributed by atoms with E-state index in [2.05, 4.69) is 44.5 Å². The van der Waals surface area contributed by atoms with E-state index in [4.69, 9.17) is 0 Å². The fourth-order valence-electron chi connectivity index (χ4n) is 3.58. The van der Waals surface area contributed by atoms with Crippen LogP contribution >= 0.6 is 0 Å². The number of rotatable bonds is 4. The van der Waals surface area contributed by atoms with Crippen LogP contribution in [0.2, 0.25) is 0 Å². The predicted octanol–water partition coefficient (Wildman–Crippen LogP) is 5.91. The van der Waals surface area contributed by atoms with Gasteiger partial charge in [-0.3, -0.25) is 9.97 Å². The van der Waals surface area contributed by atoms with Crippen molar-refractivity contribution in [3.8, 4) is 28.3 Å². The second kappa shape index (κ2) is 7.53. The molecule has 0 spiro atoms. The highest BCUT2D eigenvalue weighted by molar-refractivity contribution is 5.89. The van der Waals surface area contributed by atoms with Crippen LogP contribution in [-0.2, 0) is 0 Å². The summed E-state index contributed by atoms with van der Waals surface area (Å²) in [5.74, 6) is 0. The van der Waals surface area contributed by atoms with Crippen molar-refractivity contribution in [1.29, 1.82) is 5.26 Å². The number of nitrogens with one attached hydrogen (secondary N) is 2. The van der Waals surface area contributed by atoms with Gasteiger partial charge < -0.3 is 10.3 Å². The van der Waals surface area contributed by atoms with Gasteiger partial charge in [-0.1, -0.05) is 18.2 Å². The summed E-state index contributed by atoms with van der Waals surface area (Å²) in [5, 5.41) is 14.2. The number of aromatic amines is 1. The van der Waals surface area contributed by atoms with Crippen LogP contribution in [0, 0.1) is 11.3 Å². The summed E-state index contributed by atoms with van der Waals surface area (Å²) in [6, 6.07) is 22.5. The number of benzene rings is 2. The van der Waals surface area contributed by atoms with Gasteiger partial charge in [-0.2, -0.15) is 5.26 Å². The summed E-state index contributed by atoms with van der Waals surface area (Å²) in [6.07, 6.45) is 8.86. The number of H-pyrrole nitrogens is 1. The maximum atomic E-state index is 9.70. The summed E-state index contributed by atoms with van der Waals surface area (Å²) >= 11 is 0. The Bertz CT molecular complexity index is 1380. The number of nitriles is 1. The van der Waals surface area contributed by atoms with Gasteiger partial charge in [-0.05, 0) is 59.2 Å². The topological polar surface area (TPSA) is 77.4 Å². The van der Waals surface area contributed by atoms with Gasteiger partial charge in [0.2, 0.25) is 0 Å². The van der Waals surface area contributed by atoms with Crippen molar-refractivity contribution >= 4 is 22.3 Å². The fraction of sp³-hybridized carbons (Fsp3) is 0. The SMILES string of the molecule is N#Cc1cncc(-c2cccc(-c3ccncc3)c2)c1Nc1ccc2[nH]ccc2c1. The molecule has 0 atom stereocenters. The Hall–Kier alpha value is -4.43. The molecule has 0 radical (unpaired) electrons. The Balaban J connectivity index is 1.60. The Labute approximate surface area is 173 Å². The molecule has 5 rings (SSSR count). The molecule has 30 heavy (non-hydrogen) atoms. The highest BCUT2D eigenvalue weighted by Gasteiger charge is 2.13. The average molecular weight is 387 g/mol. The minimum Gasteiger partial charge on any atom is -0.361 e. The fourth-order valence-corrected chi connectivity index (χ4v) is 3.58. The van der Waals surface area contributed by atoms with Gasteiger partial charge in [0.1, 0.15) is 6.07 Å². The lowest BCUT2D eigenvalue weighted by molar-refractivity contribution is 1.30. The van der Waals surface area contributed by atoms with E-state index in [1.807, 2.05) is 48.7 Å². The second-order valence-corrected chi connectivity index (χ2v) is 6.94. The van der Waals surface area contributed by atoms with Crippen molar-refractivity contribution in [3.05, 3.63) is 97.2 Å². The normalized spacial score (nSPS) is 10.6. The molecule has 0 unspecified atom stereocenters. The maximum Gasteiger partial charge on any atom is 0.103 e. The quantitative estimate of drug-likeness (QED) is 0.402. The molecule has 0 fully saturated rings. The van der Waals surface area contributed by atoms with E-state index < -0.39 is 0 Å². The first kappa shape index (κ1) is 17.7. The number of aromatic nitrogens is 3. The molecule has 0 bridgehead atoms. The molecular weight excluding hydrogens is 370 g/mol. The molecule has 3 aromatic heterocycles. The van der Waals surface area contributed by atoms with Gasteiger partial charge in [0.25, 0.3) is 0 Å². The number of nitrogens with zero attached hydrogens (tertiary/aromatic N) is 3. The van der Waals surface area contributed by atoms with Crippen LogP contribution in [-0.4, -0.2) is 15.0 Å². The Morgan fingerprint density at radius 3 is 2.57 bits per heavy atom. The molecule has 3 heterocycles. The summed E-state index contributed by atoms with van der Waals surface area (Å²) in [4.78, 5) is 11.6. The second-order valence-electron chi connectivity index (χ2n) is 6.94. The average Bonchev–Trinajstić information content (AvgIpc) is 3.28. The molecule has 5 heteroatoms. The first-order valence-corrected chi connectivity index (χ1v) is 9.55. The van der Waals surface area contributed by atoms with Crippen molar-refractivity contribution in [2.75, 3.05) is 5.32 Å². The van der Waals surface area contributed by atoms with Crippen LogP contribution < -0.4 is 5.32 Å². The first-order chi connectivity index (χ1) is 14.8. The molecule has 0 amide bonds. The van der Waals surface area contributed by atoms with Crippen molar-refractivity contribution in [1.82, 2.24) is 15.0 Å². The number of fused-ring (bicyclic) bond motifs is 1. The van der Waals surface area contributed by atoms with Crippen LogP contribution in [0.3, 0.4) is 0 Å². The molecule has 5 aromatic rings. The number of hydrogen-bond acceptors (Lipinski definition) is 4. The van der Waals surface area contributed by atoms with Crippen molar-refractivity contribution < 1.29 is 0 Å². The molecule has 0 aliphatic carbocycles. The van der Waals surface area contributed by atoms with E-state index in [9.17, 15) is 5.26 Å². The third kappa shape index (κ3) is 3.27. The molecule has 0 aliphatic heterocycles. The third-order valence-electron chi connectivity index (χ3n) is 5.08. The summed E-state index contributed by atoms with van der Waals surface area (Å²) in [5.41, 5.74) is 7.25. The predicted molar refractivity (Wildman–Crippen MR) is 119 cm³/mol. The largest absolute Gasteiger partial charge is 0.361 e. The van der Waals surface area contributed by atoms with Crippen molar-refractivity contribution in [2.45, 2.75) is 0 Å². The zero-order valence-corrected chi connectivity index (χ0v) is 16.0. The first-order valence-electron chi connectivity index (χ1n) is 9.55. The van der Waals surface area contributed by atoms with Crippen molar-refractivity contribution in [3.63, 3.8) is 0 Å². The van der Waals surface area contributed by atoms with Crippen LogP contribution in [0.1, 0.15) is 5.56 Å². The highest BCUT2D eigenvalue weighted by Crippen LogP contribution is 2.35. The minimum absolute atomic E-state index is 0.496. The van der Waals surface area contributed by atoms with E-state index >= 15 is 0 Å². The molecular formula is C25H17N5. The van der Waals surface area contributed by atoms with Gasteiger partial charge in [-0.15, -0.1) is 0 Å². The zero-order chi connectivity index (χ0) is 20.3. The van der Waals surface area contributed by atoms with E-state index in [-0.39, 0.29) is 0 Å². The van der Waals surface area contributed by atoms with Gasteiger partial charge in [-0.25, -0.2) is 0 Å². The Kier molecular flexibility index (Phi) is 4.43. The van der Waals surface area contributed by atoms with Crippen LogP contribution in [0.25, 0.3) is 33.2 Å². The lowest BCUT2D eigenvalue weighted by atomic mass is 9.98. The minimum atomic E-state index is 0.496. The molecule has 2 N–H and O–H groups in total. The molecule has 0 saturated carbocycles. The number of anilines is 2. The van der Waals surface area contributed by atoms with Gasteiger partial charge >= 0.3 is 0 Å². The lowest BCUT2D eigenvalue weighted by Crippen LogP contribution is -1.98. The van der Waals surface area contributed by atoms with Crippen LogP contribution in [0.4, 0.5) is 11.4 Å². The maximum absolute atomic E-state index is 9.70.